The molecule has 132 valence electrons. The molecule has 1 atom stereocenters. The van der Waals surface area contributed by atoms with Gasteiger partial charge in [0.1, 0.15) is 18.3 Å². The monoisotopic (exact) mass is 333 g/mol. The van der Waals surface area contributed by atoms with Gasteiger partial charge in [0.15, 0.2) is 0 Å². The number of phenolic OH excluding ortho intramolecular Hbond substituents is 1. The third kappa shape index (κ3) is 6.23. The summed E-state index contributed by atoms with van der Waals surface area (Å²) in [5.41, 5.74) is 1.86. The number of quaternary nitrogens is 1. The molecule has 1 aromatic rings. The summed E-state index contributed by atoms with van der Waals surface area (Å²) in [5.74, 6) is 5.81. The molecule has 0 bridgehead atoms. The zero-order valence-electron chi connectivity index (χ0n) is 15.6. The van der Waals surface area contributed by atoms with E-state index in [1.807, 2.05) is 24.1 Å². The van der Waals surface area contributed by atoms with Crippen LogP contribution in [0.3, 0.4) is 0 Å². The number of esters is 1. The van der Waals surface area contributed by atoms with Gasteiger partial charge in [-0.05, 0) is 38.1 Å². The van der Waals surface area contributed by atoms with Crippen molar-refractivity contribution in [3.63, 3.8) is 0 Å². The lowest BCUT2D eigenvalue weighted by molar-refractivity contribution is -0.884. The highest BCUT2D eigenvalue weighted by atomic mass is 16.5. The summed E-state index contributed by atoms with van der Waals surface area (Å²) in [6.07, 6.45) is 0.513. The van der Waals surface area contributed by atoms with Gasteiger partial charge in [0, 0.05) is 5.56 Å². The van der Waals surface area contributed by atoms with Crippen LogP contribution < -0.4 is 0 Å². The number of likely N-dealkylation sites (N-methyl/N-ethyl adjacent to an activating group) is 1. The minimum absolute atomic E-state index is 0.281. The van der Waals surface area contributed by atoms with Gasteiger partial charge >= 0.3 is 5.97 Å². The number of ether oxygens (including phenoxy) is 1. The maximum Gasteiger partial charge on any atom is 0.323 e. The molecule has 0 unspecified atom stereocenters. The van der Waals surface area contributed by atoms with Crippen LogP contribution >= 0.6 is 0 Å². The van der Waals surface area contributed by atoms with Crippen LogP contribution in [0.5, 0.6) is 5.75 Å². The molecule has 0 amide bonds. The smallest absolute Gasteiger partial charge is 0.323 e. The predicted octanol–water partition coefficient (Wildman–Crippen LogP) is 1.64. The zero-order chi connectivity index (χ0) is 18.3. The van der Waals surface area contributed by atoms with Gasteiger partial charge in [-0.1, -0.05) is 12.0 Å². The van der Waals surface area contributed by atoms with Crippen molar-refractivity contribution in [2.24, 2.45) is 0 Å². The highest BCUT2D eigenvalue weighted by Gasteiger charge is 2.24. The minimum atomic E-state index is -0.405. The fourth-order valence-corrected chi connectivity index (χ4v) is 2.50. The number of methoxy groups -OCH3 is 1. The van der Waals surface area contributed by atoms with E-state index in [4.69, 9.17) is 4.74 Å². The number of hydrogen-bond acceptors (Lipinski definition) is 4. The summed E-state index contributed by atoms with van der Waals surface area (Å²) in [5, 5.41) is 10.1. The Kier molecular flexibility index (Phi) is 7.27. The summed E-state index contributed by atoms with van der Waals surface area (Å²) in [6.45, 7) is 2.98. The molecular formula is C19H29N2O3+. The molecule has 1 rings (SSSR count). The minimum Gasteiger partial charge on any atom is -0.507 e. The Labute approximate surface area is 145 Å². The van der Waals surface area contributed by atoms with Gasteiger partial charge in [0.05, 0.1) is 34.8 Å². The Morgan fingerprint density at radius 1 is 1.38 bits per heavy atom. The lowest BCUT2D eigenvalue weighted by Crippen LogP contribution is -2.41. The number of phenols is 1. The van der Waals surface area contributed by atoms with E-state index >= 15 is 0 Å². The lowest BCUT2D eigenvalue weighted by atomic mass is 10.0. The quantitative estimate of drug-likeness (QED) is 0.468. The highest BCUT2D eigenvalue weighted by Crippen LogP contribution is 2.22. The van der Waals surface area contributed by atoms with Crippen molar-refractivity contribution >= 4 is 5.97 Å². The maximum atomic E-state index is 12.1. The molecule has 0 fully saturated rings. The molecule has 0 spiro atoms. The zero-order valence-corrected chi connectivity index (χ0v) is 15.6. The lowest BCUT2D eigenvalue weighted by Gasteiger charge is -2.26. The second-order valence-corrected chi connectivity index (χ2v) is 7.00. The Morgan fingerprint density at radius 3 is 2.58 bits per heavy atom. The van der Waals surface area contributed by atoms with E-state index in [9.17, 15) is 9.90 Å². The summed E-state index contributed by atoms with van der Waals surface area (Å²) in [4.78, 5) is 14.0. The summed E-state index contributed by atoms with van der Waals surface area (Å²) in [7, 11) is 9.47. The van der Waals surface area contributed by atoms with Crippen LogP contribution in [0.1, 0.15) is 18.1 Å². The van der Waals surface area contributed by atoms with Crippen LogP contribution in [0.25, 0.3) is 0 Å². The Bertz CT molecular complexity index is 624. The van der Waals surface area contributed by atoms with E-state index in [2.05, 4.69) is 33.0 Å². The molecule has 0 radical (unpaired) electrons. The average Bonchev–Trinajstić information content (AvgIpc) is 2.51. The number of nitrogens with zero attached hydrogens (tertiary/aromatic N) is 2. The van der Waals surface area contributed by atoms with E-state index in [1.54, 1.807) is 13.0 Å². The van der Waals surface area contributed by atoms with Gasteiger partial charge in [-0.3, -0.25) is 9.69 Å². The van der Waals surface area contributed by atoms with Gasteiger partial charge in [0.2, 0.25) is 0 Å². The number of carbonyl (C=O) groups is 1. The molecule has 1 aromatic carbocycles. The average molecular weight is 333 g/mol. The van der Waals surface area contributed by atoms with Crippen molar-refractivity contribution in [3.8, 4) is 17.6 Å². The van der Waals surface area contributed by atoms with Crippen molar-refractivity contribution in [2.75, 3.05) is 41.8 Å². The van der Waals surface area contributed by atoms with Crippen LogP contribution in [0, 0.1) is 11.8 Å². The van der Waals surface area contributed by atoms with Gasteiger partial charge in [-0.15, -0.1) is 5.92 Å². The van der Waals surface area contributed by atoms with Crippen LogP contribution in [0.4, 0.5) is 0 Å². The Morgan fingerprint density at radius 2 is 2.04 bits per heavy atom. The standard InChI is InChI=1S/C19H28N2O3/c1-7-8-11-20(2)17(19(23)24-6)13-15-9-10-18(22)16(12-15)14-21(3,4)5/h9-10,12,17H,11,13-14H2,1-6H3/p+1/t17-/m0/s1. The molecule has 0 aromatic heterocycles. The molecule has 24 heavy (non-hydrogen) atoms. The van der Waals surface area contributed by atoms with E-state index < -0.39 is 6.04 Å². The molecule has 0 aliphatic heterocycles. The van der Waals surface area contributed by atoms with Crippen LogP contribution in [-0.2, 0) is 22.5 Å². The second-order valence-electron chi connectivity index (χ2n) is 7.00. The second kappa shape index (κ2) is 8.72. The molecule has 5 heteroatoms. The van der Waals surface area contributed by atoms with E-state index in [0.717, 1.165) is 11.1 Å². The van der Waals surface area contributed by atoms with Crippen molar-refractivity contribution in [1.82, 2.24) is 4.90 Å². The Hall–Kier alpha value is -2.03. The highest BCUT2D eigenvalue weighted by molar-refractivity contribution is 5.76. The molecule has 0 saturated heterocycles. The molecule has 0 aliphatic carbocycles. The van der Waals surface area contributed by atoms with Crippen molar-refractivity contribution in [2.45, 2.75) is 25.9 Å². The van der Waals surface area contributed by atoms with Gasteiger partial charge in [0.25, 0.3) is 0 Å². The first-order chi connectivity index (χ1) is 11.2. The van der Waals surface area contributed by atoms with E-state index in [1.165, 1.54) is 7.11 Å². The Balaban J connectivity index is 3.02. The molecule has 0 saturated carbocycles. The third-order valence-electron chi connectivity index (χ3n) is 3.73. The van der Waals surface area contributed by atoms with Crippen molar-refractivity contribution in [1.29, 1.82) is 0 Å². The normalized spacial score (nSPS) is 12.5. The summed E-state index contributed by atoms with van der Waals surface area (Å²) >= 11 is 0. The molecular weight excluding hydrogens is 304 g/mol. The van der Waals surface area contributed by atoms with E-state index in [0.29, 0.717) is 24.0 Å². The first-order valence-corrected chi connectivity index (χ1v) is 7.97. The maximum absolute atomic E-state index is 12.1. The summed E-state index contributed by atoms with van der Waals surface area (Å²) < 4.78 is 5.65. The van der Waals surface area contributed by atoms with Gasteiger partial charge in [-0.25, -0.2) is 0 Å². The largest absolute Gasteiger partial charge is 0.507 e. The van der Waals surface area contributed by atoms with Crippen LogP contribution in [0.2, 0.25) is 0 Å². The number of hydrogen-bond donors (Lipinski definition) is 1. The predicted molar refractivity (Wildman–Crippen MR) is 95.4 cm³/mol. The molecule has 1 N–H and O–H groups in total. The SMILES string of the molecule is CC#CCN(C)[C@@H](Cc1ccc(O)c(C[N+](C)(C)C)c1)C(=O)OC. The van der Waals surface area contributed by atoms with Crippen LogP contribution in [0.15, 0.2) is 18.2 Å². The molecule has 0 aliphatic rings. The van der Waals surface area contributed by atoms with Crippen molar-refractivity contribution < 1.29 is 19.1 Å². The topological polar surface area (TPSA) is 49.8 Å². The molecule has 0 heterocycles. The van der Waals surface area contributed by atoms with E-state index in [-0.39, 0.29) is 11.7 Å². The first-order valence-electron chi connectivity index (χ1n) is 7.97. The summed E-state index contributed by atoms with van der Waals surface area (Å²) in [6, 6.07) is 5.11. The first kappa shape index (κ1) is 20.0. The number of aromatic hydroxyl groups is 1. The van der Waals surface area contributed by atoms with Gasteiger partial charge < -0.3 is 14.3 Å². The van der Waals surface area contributed by atoms with Crippen molar-refractivity contribution in [3.05, 3.63) is 29.3 Å². The number of carbonyl (C=O) groups excluding carboxylic acids is 1. The van der Waals surface area contributed by atoms with Gasteiger partial charge in [-0.2, -0.15) is 0 Å². The molecule has 5 nitrogen and oxygen atoms in total. The fourth-order valence-electron chi connectivity index (χ4n) is 2.50. The number of rotatable bonds is 7. The fraction of sp³-hybridized carbons (Fsp3) is 0.526. The van der Waals surface area contributed by atoms with Crippen LogP contribution in [-0.4, -0.2) is 68.3 Å². The third-order valence-corrected chi connectivity index (χ3v) is 3.73. The number of benzene rings is 1.